The fourth-order valence-corrected chi connectivity index (χ4v) is 4.50. The third-order valence-corrected chi connectivity index (χ3v) is 9.00. The first-order chi connectivity index (χ1) is 9.69. The van der Waals surface area contributed by atoms with Gasteiger partial charge in [-0.05, 0) is 57.4 Å². The maximum Gasteiger partial charge on any atom is 3.00 e. The fraction of sp³-hybridized carbons (Fsp3) is 0.800. The number of hydrogen-bond donors (Lipinski definition) is 0. The predicted octanol–water partition coefficient (Wildman–Crippen LogP) is 3.70. The standard InChI is InChI=1S/2C6H15P.3CHO.Fe/c2*1-4-7(5-2)6-3;3*1-2;/h2*4-6H2,1-3H3;3*1H;/q;;3*-1;+3/p+2. The van der Waals surface area contributed by atoms with Crippen LogP contribution < -0.4 is 0 Å². The van der Waals surface area contributed by atoms with E-state index in [0.29, 0.717) is 0 Å². The summed E-state index contributed by atoms with van der Waals surface area (Å²) >= 11 is 0. The van der Waals surface area contributed by atoms with Crippen LogP contribution in [0.5, 0.6) is 0 Å². The molecule has 1 radical (unpaired) electrons. The van der Waals surface area contributed by atoms with Crippen molar-refractivity contribution < 1.29 is 31.5 Å². The second-order valence-electron chi connectivity index (χ2n) is 3.62. The van der Waals surface area contributed by atoms with Crippen molar-refractivity contribution in [3.05, 3.63) is 0 Å². The van der Waals surface area contributed by atoms with Crippen LogP contribution in [0, 0.1) is 0 Å². The molecule has 0 unspecified atom stereocenters. The summed E-state index contributed by atoms with van der Waals surface area (Å²) in [5.74, 6) is 0. The SMILES string of the molecule is CC[PH+](CC)CC.CC[PH+](CC)CC.[CH-]=O.[CH-]=O.[CH-]=O.[Fe+3]. The van der Waals surface area contributed by atoms with Gasteiger partial charge in [-0.25, -0.2) is 0 Å². The molecule has 0 fully saturated rings. The molecule has 0 aromatic heterocycles. The van der Waals surface area contributed by atoms with Crippen LogP contribution in [0.1, 0.15) is 41.5 Å². The van der Waals surface area contributed by atoms with Crippen LogP contribution in [-0.4, -0.2) is 57.3 Å². The average molecular weight is 381 g/mol. The number of rotatable bonds is 6. The van der Waals surface area contributed by atoms with Gasteiger partial charge in [0.25, 0.3) is 0 Å². The van der Waals surface area contributed by atoms with Crippen molar-refractivity contribution in [3.8, 4) is 0 Å². The third-order valence-electron chi connectivity index (χ3n) is 3.00. The van der Waals surface area contributed by atoms with E-state index in [4.69, 9.17) is 14.4 Å². The van der Waals surface area contributed by atoms with Crippen LogP contribution >= 0.6 is 15.8 Å². The summed E-state index contributed by atoms with van der Waals surface area (Å²) < 4.78 is 0. The maximum atomic E-state index is 7.75. The van der Waals surface area contributed by atoms with E-state index < -0.39 is 0 Å². The topological polar surface area (TPSA) is 51.2 Å². The molecule has 0 rings (SSSR count). The van der Waals surface area contributed by atoms with Gasteiger partial charge in [0.15, 0.2) is 0 Å². The maximum absolute atomic E-state index is 7.75. The molecular weight excluding hydrogens is 346 g/mol. The molecule has 6 heteroatoms. The van der Waals surface area contributed by atoms with E-state index in [0.717, 1.165) is 0 Å². The summed E-state index contributed by atoms with van der Waals surface area (Å²) in [5.41, 5.74) is 0. The molecule has 129 valence electrons. The molecule has 0 aliphatic rings. The van der Waals surface area contributed by atoms with E-state index in [1.165, 1.54) is 37.0 Å². The zero-order chi connectivity index (χ0) is 17.4. The molecule has 0 heterocycles. The Balaban J connectivity index is -0.0000000381. The molecule has 0 amide bonds. The van der Waals surface area contributed by atoms with Gasteiger partial charge in [0.2, 0.25) is 0 Å². The van der Waals surface area contributed by atoms with Crippen LogP contribution in [0.2, 0.25) is 0 Å². The Morgan fingerprint density at radius 2 is 0.571 bits per heavy atom. The van der Waals surface area contributed by atoms with Crippen molar-refractivity contribution in [2.75, 3.05) is 37.0 Å². The molecule has 0 spiro atoms. The molecule has 0 bridgehead atoms. The van der Waals surface area contributed by atoms with Crippen molar-refractivity contribution in [1.82, 2.24) is 0 Å². The molecule has 0 aromatic rings. The number of carbonyl (C=O) groups excluding carboxylic acids is 3. The van der Waals surface area contributed by atoms with Gasteiger partial charge in [-0.1, -0.05) is 0 Å². The smallest absolute Gasteiger partial charge is 0.545 e. The van der Waals surface area contributed by atoms with Crippen LogP contribution in [0.15, 0.2) is 0 Å². The Bertz CT molecular complexity index is 108. The minimum Gasteiger partial charge on any atom is -0.545 e. The van der Waals surface area contributed by atoms with Crippen LogP contribution in [-0.2, 0) is 31.5 Å². The first-order valence-corrected chi connectivity index (χ1v) is 11.3. The van der Waals surface area contributed by atoms with Gasteiger partial charge in [0, 0.05) is 0 Å². The Labute approximate surface area is 146 Å². The molecule has 3 nitrogen and oxygen atoms in total. The van der Waals surface area contributed by atoms with Gasteiger partial charge in [-0.3, -0.25) is 20.4 Å². The van der Waals surface area contributed by atoms with Gasteiger partial charge < -0.3 is 14.4 Å². The van der Waals surface area contributed by atoms with E-state index in [1.54, 1.807) is 0 Å². The molecule has 0 atom stereocenters. The quantitative estimate of drug-likeness (QED) is 0.305. The Morgan fingerprint density at radius 1 is 0.476 bits per heavy atom. The molecule has 0 N–H and O–H groups in total. The predicted molar refractivity (Wildman–Crippen MR) is 100 cm³/mol. The van der Waals surface area contributed by atoms with E-state index in [-0.39, 0.29) is 32.9 Å². The van der Waals surface area contributed by atoms with Crippen molar-refractivity contribution in [1.29, 1.82) is 0 Å². The van der Waals surface area contributed by atoms with Crippen molar-refractivity contribution in [3.63, 3.8) is 0 Å². The molecule has 21 heavy (non-hydrogen) atoms. The summed E-state index contributed by atoms with van der Waals surface area (Å²) in [6, 6.07) is 0. The van der Waals surface area contributed by atoms with E-state index >= 15 is 0 Å². The fourth-order valence-electron chi connectivity index (χ4n) is 1.50. The van der Waals surface area contributed by atoms with E-state index in [1.807, 2.05) is 0 Å². The minimum absolute atomic E-state index is 0. The molecule has 0 aliphatic heterocycles. The Morgan fingerprint density at radius 3 is 0.571 bits per heavy atom. The first kappa shape index (κ1) is 37.5. The summed E-state index contributed by atoms with van der Waals surface area (Å²) in [4.78, 5) is 23.2. The second-order valence-corrected chi connectivity index (χ2v) is 10.9. The summed E-state index contributed by atoms with van der Waals surface area (Å²) in [6.07, 6.45) is 8.74. The molecular formula is C15H35FeO3P2+2. The summed E-state index contributed by atoms with van der Waals surface area (Å²) in [5, 5.41) is 0. The van der Waals surface area contributed by atoms with Crippen LogP contribution in [0.3, 0.4) is 0 Å². The normalized spacial score (nSPS) is 7.43. The zero-order valence-corrected chi connectivity index (χ0v) is 17.7. The van der Waals surface area contributed by atoms with Gasteiger partial charge in [0.05, 0.1) is 37.0 Å². The van der Waals surface area contributed by atoms with Gasteiger partial charge in [-0.15, -0.1) is 0 Å². The molecule has 0 saturated heterocycles. The van der Waals surface area contributed by atoms with Crippen molar-refractivity contribution in [2.45, 2.75) is 41.5 Å². The zero-order valence-electron chi connectivity index (χ0n) is 14.6. The minimum atomic E-state index is 0. The van der Waals surface area contributed by atoms with E-state index in [2.05, 4.69) is 61.9 Å². The second kappa shape index (κ2) is 49.9. The van der Waals surface area contributed by atoms with Crippen molar-refractivity contribution in [2.24, 2.45) is 0 Å². The summed E-state index contributed by atoms with van der Waals surface area (Å²) in [6.45, 7) is 23.6. The first-order valence-electron chi connectivity index (χ1n) is 7.07. The Kier molecular flexibility index (Phi) is 89.3. The molecule has 0 aliphatic carbocycles. The Hall–Kier alpha value is 0.389. The van der Waals surface area contributed by atoms with Crippen LogP contribution in [0.4, 0.5) is 0 Å². The van der Waals surface area contributed by atoms with E-state index in [9.17, 15) is 0 Å². The largest absolute Gasteiger partial charge is 3.00 e. The van der Waals surface area contributed by atoms with Gasteiger partial charge in [0.1, 0.15) is 0 Å². The van der Waals surface area contributed by atoms with Gasteiger partial charge >= 0.3 is 17.1 Å². The average Bonchev–Trinajstić information content (AvgIpc) is 2.57. The third kappa shape index (κ3) is 44.9. The molecule has 0 aromatic carbocycles. The molecule has 0 saturated carbocycles. The summed E-state index contributed by atoms with van der Waals surface area (Å²) in [7, 11) is 0.275. The monoisotopic (exact) mass is 381 g/mol. The number of hydrogen-bond acceptors (Lipinski definition) is 3. The van der Waals surface area contributed by atoms with Gasteiger partial charge in [-0.2, -0.15) is 0 Å². The van der Waals surface area contributed by atoms with Crippen molar-refractivity contribution >= 4 is 36.2 Å². The van der Waals surface area contributed by atoms with Crippen LogP contribution in [0.25, 0.3) is 0 Å².